The predicted molar refractivity (Wildman–Crippen MR) is 100 cm³/mol. The molecule has 1 aromatic heterocycles. The van der Waals surface area contributed by atoms with Crippen LogP contribution < -0.4 is 20.3 Å². The third-order valence-corrected chi connectivity index (χ3v) is 4.08. The van der Waals surface area contributed by atoms with Crippen molar-refractivity contribution in [2.45, 2.75) is 38.9 Å². The largest absolute Gasteiger partial charge is 0.491 e. The Morgan fingerprint density at radius 3 is 2.80 bits per heavy atom. The molecule has 1 saturated heterocycles. The van der Waals surface area contributed by atoms with Crippen LogP contribution in [0.3, 0.4) is 0 Å². The van der Waals surface area contributed by atoms with E-state index in [1.54, 1.807) is 0 Å². The molecule has 0 aliphatic carbocycles. The van der Waals surface area contributed by atoms with Crippen LogP contribution in [0.1, 0.15) is 26.7 Å². The summed E-state index contributed by atoms with van der Waals surface area (Å²) in [5.74, 6) is 2.02. The Balaban J connectivity index is 2.00. The van der Waals surface area contributed by atoms with E-state index < -0.39 is 0 Å². The first-order valence-corrected chi connectivity index (χ1v) is 9.56. The molecule has 7 nitrogen and oxygen atoms in total. The molecule has 0 radical (unpaired) electrons. The summed E-state index contributed by atoms with van der Waals surface area (Å²) in [4.78, 5) is 13.9. The molecule has 1 fully saturated rings. The molecule has 136 valence electrons. The van der Waals surface area contributed by atoms with Crippen molar-refractivity contribution in [1.82, 2.24) is 15.3 Å². The fraction of sp³-hybridized carbons (Fsp3) is 0.529. The van der Waals surface area contributed by atoms with Gasteiger partial charge in [-0.1, -0.05) is 15.9 Å². The molecule has 2 aromatic rings. The van der Waals surface area contributed by atoms with E-state index in [9.17, 15) is 0 Å². The highest BCUT2D eigenvalue weighted by molar-refractivity contribution is 9.09. The zero-order chi connectivity index (χ0) is 17.6. The van der Waals surface area contributed by atoms with Crippen molar-refractivity contribution >= 4 is 32.7 Å². The topological polar surface area (TPSA) is 77.5 Å². The molecule has 3 rings (SSSR count). The molecule has 2 heterocycles. The number of rotatable bonds is 7. The number of aromatic nitrogens is 2. The summed E-state index contributed by atoms with van der Waals surface area (Å²) in [5.41, 5.74) is 3.94. The third kappa shape index (κ3) is 4.71. The van der Waals surface area contributed by atoms with Crippen molar-refractivity contribution in [2.75, 3.05) is 24.1 Å². The molecule has 0 bridgehead atoms. The summed E-state index contributed by atoms with van der Waals surface area (Å²) in [6, 6.07) is 3.80. The number of alkyl halides is 1. The summed E-state index contributed by atoms with van der Waals surface area (Å²) < 4.78 is 12.2. The van der Waals surface area contributed by atoms with E-state index in [0.29, 0.717) is 17.1 Å². The Morgan fingerprint density at radius 2 is 2.08 bits per heavy atom. The van der Waals surface area contributed by atoms with E-state index >= 15 is 0 Å². The fourth-order valence-corrected chi connectivity index (χ4v) is 2.94. The van der Waals surface area contributed by atoms with Gasteiger partial charge in [-0.05, 0) is 39.8 Å². The van der Waals surface area contributed by atoms with E-state index in [1.807, 2.05) is 26.0 Å². The van der Waals surface area contributed by atoms with Crippen molar-refractivity contribution in [2.24, 2.45) is 0 Å². The summed E-state index contributed by atoms with van der Waals surface area (Å²) in [6.07, 6.45) is 3.65. The Labute approximate surface area is 155 Å². The monoisotopic (exact) mass is 410 g/mol. The van der Waals surface area contributed by atoms with E-state index in [0.717, 1.165) is 42.6 Å². The molecule has 2 N–H and O–H groups in total. The van der Waals surface area contributed by atoms with Gasteiger partial charge in [-0.3, -0.25) is 4.84 Å². The van der Waals surface area contributed by atoms with Crippen molar-refractivity contribution < 1.29 is 14.3 Å². The van der Waals surface area contributed by atoms with Crippen LogP contribution in [-0.4, -0.2) is 40.8 Å². The highest BCUT2D eigenvalue weighted by Crippen LogP contribution is 2.36. The number of nitrogens with zero attached hydrogens (tertiary/aromatic N) is 2. The van der Waals surface area contributed by atoms with Gasteiger partial charge in [0.05, 0.1) is 17.0 Å². The molecule has 1 aliphatic heterocycles. The van der Waals surface area contributed by atoms with E-state index in [2.05, 4.69) is 36.7 Å². The van der Waals surface area contributed by atoms with Gasteiger partial charge in [0, 0.05) is 12.1 Å². The number of benzene rings is 1. The Hall–Kier alpha value is -1.64. The molecule has 0 atom stereocenters. The number of anilines is 1. The van der Waals surface area contributed by atoms with Crippen LogP contribution in [-0.2, 0) is 4.84 Å². The normalized spacial score (nSPS) is 15.5. The Bertz CT molecular complexity index is 708. The molecule has 25 heavy (non-hydrogen) atoms. The first kappa shape index (κ1) is 18.2. The summed E-state index contributed by atoms with van der Waals surface area (Å²) in [5, 5.41) is 4.14. The van der Waals surface area contributed by atoms with Gasteiger partial charge >= 0.3 is 0 Å². The third-order valence-electron chi connectivity index (χ3n) is 3.85. The predicted octanol–water partition coefficient (Wildman–Crippen LogP) is 3.24. The second kappa shape index (κ2) is 8.64. The van der Waals surface area contributed by atoms with Crippen LogP contribution in [0.5, 0.6) is 11.5 Å². The fourth-order valence-electron chi connectivity index (χ4n) is 2.83. The smallest absolute Gasteiger partial charge is 0.164 e. The Morgan fingerprint density at radius 1 is 1.28 bits per heavy atom. The van der Waals surface area contributed by atoms with Gasteiger partial charge in [0.1, 0.15) is 29.4 Å². The highest BCUT2D eigenvalue weighted by atomic mass is 79.9. The van der Waals surface area contributed by atoms with Crippen LogP contribution in [0.2, 0.25) is 0 Å². The lowest BCUT2D eigenvalue weighted by Gasteiger charge is -2.25. The molecule has 0 saturated carbocycles. The number of fused-ring (bicyclic) bond motifs is 1. The molecular weight excluding hydrogens is 388 g/mol. The molecule has 0 unspecified atom stereocenters. The molecule has 1 aliphatic rings. The van der Waals surface area contributed by atoms with Crippen molar-refractivity contribution in [3.05, 3.63) is 18.5 Å². The zero-order valence-corrected chi connectivity index (χ0v) is 16.0. The van der Waals surface area contributed by atoms with Crippen LogP contribution >= 0.6 is 15.9 Å². The molecule has 1 aromatic carbocycles. The van der Waals surface area contributed by atoms with E-state index in [-0.39, 0.29) is 12.2 Å². The minimum atomic E-state index is 0.0698. The Kier molecular flexibility index (Phi) is 6.28. The molecular formula is C17H23BrN4O3. The van der Waals surface area contributed by atoms with Crippen molar-refractivity contribution in [1.29, 1.82) is 0 Å². The van der Waals surface area contributed by atoms with Gasteiger partial charge < -0.3 is 14.8 Å². The van der Waals surface area contributed by atoms with Crippen LogP contribution in [0, 0.1) is 0 Å². The van der Waals surface area contributed by atoms with Crippen LogP contribution in [0.15, 0.2) is 18.5 Å². The number of halogens is 1. The quantitative estimate of drug-likeness (QED) is 0.535. The highest BCUT2D eigenvalue weighted by Gasteiger charge is 2.19. The lowest BCUT2D eigenvalue weighted by atomic mass is 10.1. The first-order valence-electron chi connectivity index (χ1n) is 8.44. The number of piperidine rings is 1. The molecule has 8 heteroatoms. The van der Waals surface area contributed by atoms with Gasteiger partial charge in [-0.25, -0.2) is 15.4 Å². The van der Waals surface area contributed by atoms with Gasteiger partial charge in [0.2, 0.25) is 0 Å². The zero-order valence-electron chi connectivity index (χ0n) is 14.4. The van der Waals surface area contributed by atoms with Gasteiger partial charge in [0.25, 0.3) is 0 Å². The summed E-state index contributed by atoms with van der Waals surface area (Å²) in [7, 11) is 0. The minimum absolute atomic E-state index is 0.0698. The van der Waals surface area contributed by atoms with Crippen molar-refractivity contribution in [3.8, 4) is 11.5 Å². The number of hydrogen-bond acceptors (Lipinski definition) is 7. The number of hydrogen-bond donors (Lipinski definition) is 2. The summed E-state index contributed by atoms with van der Waals surface area (Å²) in [6.45, 7) is 5.90. The second-order valence-electron chi connectivity index (χ2n) is 6.13. The lowest BCUT2D eigenvalue weighted by Crippen LogP contribution is -2.34. The summed E-state index contributed by atoms with van der Waals surface area (Å²) >= 11 is 3.22. The maximum Gasteiger partial charge on any atom is 0.164 e. The SMILES string of the molecule is CC(C)Oc1cc(OC2CCNCC2)c2c(NOCBr)ncnc2c1. The molecule has 0 amide bonds. The number of nitrogens with one attached hydrogen (secondary N) is 2. The standard InChI is InChI=1S/C17H23BrN4O3/c1-11(2)24-13-7-14-16(17(21-10-20-14)22-23-9-18)15(8-13)25-12-3-5-19-6-4-12/h7-8,10-12,19H,3-6,9H2,1-2H3,(H,20,21,22). The molecule has 0 spiro atoms. The maximum absolute atomic E-state index is 6.30. The average Bonchev–Trinajstić information content (AvgIpc) is 2.60. The van der Waals surface area contributed by atoms with Gasteiger partial charge in [-0.15, -0.1) is 0 Å². The van der Waals surface area contributed by atoms with Gasteiger partial charge in [-0.2, -0.15) is 0 Å². The first-order chi connectivity index (χ1) is 12.2. The lowest BCUT2D eigenvalue weighted by molar-refractivity contribution is 0.163. The number of ether oxygens (including phenoxy) is 2. The van der Waals surface area contributed by atoms with Crippen LogP contribution in [0.4, 0.5) is 5.82 Å². The van der Waals surface area contributed by atoms with E-state index in [4.69, 9.17) is 14.3 Å². The average molecular weight is 411 g/mol. The maximum atomic E-state index is 6.30. The van der Waals surface area contributed by atoms with Crippen molar-refractivity contribution in [3.63, 3.8) is 0 Å². The second-order valence-corrected chi connectivity index (χ2v) is 6.58. The minimum Gasteiger partial charge on any atom is -0.491 e. The van der Waals surface area contributed by atoms with Crippen LogP contribution in [0.25, 0.3) is 10.9 Å². The van der Waals surface area contributed by atoms with E-state index in [1.165, 1.54) is 6.33 Å². The van der Waals surface area contributed by atoms with Gasteiger partial charge in [0.15, 0.2) is 5.82 Å².